The molecule has 0 bridgehead atoms. The molecule has 4 rings (SSSR count). The Hall–Kier alpha value is -2.93. The molecule has 6 nitrogen and oxygen atoms in total. The van der Waals surface area contributed by atoms with Gasteiger partial charge in [0.2, 0.25) is 0 Å². The topological polar surface area (TPSA) is 71.9 Å². The van der Waals surface area contributed by atoms with Crippen LogP contribution in [0.3, 0.4) is 0 Å². The Labute approximate surface area is 180 Å². The van der Waals surface area contributed by atoms with Gasteiger partial charge in [0.15, 0.2) is 11.0 Å². The van der Waals surface area contributed by atoms with Crippen LogP contribution in [-0.4, -0.2) is 40.1 Å². The number of amides is 1. The van der Waals surface area contributed by atoms with Crippen molar-refractivity contribution in [3.8, 4) is 0 Å². The molecule has 0 unspecified atom stereocenters. The first kappa shape index (κ1) is 20.3. The van der Waals surface area contributed by atoms with Gasteiger partial charge in [-0.1, -0.05) is 37.5 Å². The van der Waals surface area contributed by atoms with E-state index in [0.717, 1.165) is 31.2 Å². The SMILES string of the molecule is COC(=O)c1ccc(/C=C2\S/C(=N/c3ccccn3)N(C3CCCCC3)C2=O)cc1. The number of pyridine rings is 1. The quantitative estimate of drug-likeness (QED) is 0.524. The fourth-order valence-corrected chi connectivity index (χ4v) is 4.78. The van der Waals surface area contributed by atoms with Gasteiger partial charge in [0, 0.05) is 12.2 Å². The minimum atomic E-state index is -0.381. The zero-order chi connectivity index (χ0) is 20.9. The predicted molar refractivity (Wildman–Crippen MR) is 118 cm³/mol. The molecule has 30 heavy (non-hydrogen) atoms. The largest absolute Gasteiger partial charge is 0.465 e. The van der Waals surface area contributed by atoms with Crippen LogP contribution in [0.4, 0.5) is 5.82 Å². The Bertz CT molecular complexity index is 981. The van der Waals surface area contributed by atoms with Gasteiger partial charge in [-0.25, -0.2) is 14.8 Å². The number of aromatic nitrogens is 1. The first-order valence-corrected chi connectivity index (χ1v) is 10.9. The summed E-state index contributed by atoms with van der Waals surface area (Å²) in [6, 6.07) is 12.8. The highest BCUT2D eigenvalue weighted by Crippen LogP contribution is 2.38. The minimum absolute atomic E-state index is 0.0152. The first-order valence-electron chi connectivity index (χ1n) is 10.1. The zero-order valence-corrected chi connectivity index (χ0v) is 17.6. The average Bonchev–Trinajstić information content (AvgIpc) is 3.09. The lowest BCUT2D eigenvalue weighted by Gasteiger charge is -2.30. The second-order valence-electron chi connectivity index (χ2n) is 7.27. The van der Waals surface area contributed by atoms with Crippen LogP contribution in [-0.2, 0) is 9.53 Å². The van der Waals surface area contributed by atoms with E-state index in [4.69, 9.17) is 4.74 Å². The maximum atomic E-state index is 13.3. The van der Waals surface area contributed by atoms with Gasteiger partial charge in [-0.15, -0.1) is 0 Å². The van der Waals surface area contributed by atoms with Gasteiger partial charge < -0.3 is 4.74 Å². The number of nitrogens with zero attached hydrogens (tertiary/aromatic N) is 3. The van der Waals surface area contributed by atoms with Crippen molar-refractivity contribution in [1.82, 2.24) is 9.88 Å². The molecule has 1 saturated heterocycles. The third-order valence-corrected chi connectivity index (χ3v) is 6.25. The molecule has 154 valence electrons. The average molecular weight is 422 g/mol. The van der Waals surface area contributed by atoms with E-state index in [1.165, 1.54) is 25.3 Å². The van der Waals surface area contributed by atoms with Gasteiger partial charge in [0.25, 0.3) is 5.91 Å². The predicted octanol–water partition coefficient (Wildman–Crippen LogP) is 4.80. The molecule has 2 aromatic rings. The van der Waals surface area contributed by atoms with E-state index in [1.807, 2.05) is 41.3 Å². The molecular formula is C23H23N3O3S. The van der Waals surface area contributed by atoms with Gasteiger partial charge in [-0.3, -0.25) is 9.69 Å². The first-order chi connectivity index (χ1) is 14.7. The van der Waals surface area contributed by atoms with Crippen molar-refractivity contribution in [2.24, 2.45) is 4.99 Å². The Kier molecular flexibility index (Phi) is 6.28. The molecule has 2 aliphatic rings. The number of aliphatic imine (C=N–C) groups is 1. The maximum Gasteiger partial charge on any atom is 0.337 e. The minimum Gasteiger partial charge on any atom is -0.465 e. The second-order valence-corrected chi connectivity index (χ2v) is 8.28. The monoisotopic (exact) mass is 421 g/mol. The molecule has 0 spiro atoms. The van der Waals surface area contributed by atoms with Gasteiger partial charge in [-0.2, -0.15) is 0 Å². The number of benzene rings is 1. The van der Waals surface area contributed by atoms with Crippen molar-refractivity contribution >= 4 is 40.7 Å². The van der Waals surface area contributed by atoms with Gasteiger partial charge in [0.1, 0.15) is 0 Å². The third kappa shape index (κ3) is 4.46. The molecule has 7 heteroatoms. The number of ether oxygens (including phenoxy) is 1. The molecule has 2 fully saturated rings. The molecule has 1 aliphatic heterocycles. The molecule has 0 radical (unpaired) electrons. The molecular weight excluding hydrogens is 398 g/mol. The smallest absolute Gasteiger partial charge is 0.337 e. The Balaban J connectivity index is 1.64. The van der Waals surface area contributed by atoms with Crippen molar-refractivity contribution in [2.75, 3.05) is 7.11 Å². The van der Waals surface area contributed by atoms with Crippen molar-refractivity contribution in [2.45, 2.75) is 38.1 Å². The van der Waals surface area contributed by atoms with E-state index < -0.39 is 0 Å². The number of hydrogen-bond donors (Lipinski definition) is 0. The number of hydrogen-bond acceptors (Lipinski definition) is 6. The molecule has 0 atom stereocenters. The summed E-state index contributed by atoms with van der Waals surface area (Å²) in [4.78, 5) is 36.4. The summed E-state index contributed by atoms with van der Waals surface area (Å²) in [6.07, 6.45) is 9.02. The molecule has 1 amide bonds. The Morgan fingerprint density at radius 2 is 1.93 bits per heavy atom. The molecule has 1 saturated carbocycles. The lowest BCUT2D eigenvalue weighted by Crippen LogP contribution is -2.40. The van der Waals surface area contributed by atoms with E-state index in [0.29, 0.717) is 21.5 Å². The summed E-state index contributed by atoms with van der Waals surface area (Å²) in [5.74, 6) is 0.199. The highest BCUT2D eigenvalue weighted by atomic mass is 32.2. The maximum absolute atomic E-state index is 13.3. The summed E-state index contributed by atoms with van der Waals surface area (Å²) in [7, 11) is 1.36. The van der Waals surface area contributed by atoms with Crippen molar-refractivity contribution in [3.05, 3.63) is 64.7 Å². The number of esters is 1. The Morgan fingerprint density at radius 1 is 1.17 bits per heavy atom. The summed E-state index contributed by atoms with van der Waals surface area (Å²) < 4.78 is 4.74. The van der Waals surface area contributed by atoms with E-state index in [2.05, 4.69) is 9.98 Å². The van der Waals surface area contributed by atoms with Crippen molar-refractivity contribution < 1.29 is 14.3 Å². The molecule has 2 heterocycles. The number of rotatable bonds is 4. The van der Waals surface area contributed by atoms with Crippen LogP contribution in [0, 0.1) is 0 Å². The van der Waals surface area contributed by atoms with Crippen LogP contribution in [0.2, 0.25) is 0 Å². The van der Waals surface area contributed by atoms with Crippen LogP contribution in [0.5, 0.6) is 0 Å². The second kappa shape index (κ2) is 9.26. The molecule has 1 aliphatic carbocycles. The summed E-state index contributed by atoms with van der Waals surface area (Å²) in [5.41, 5.74) is 1.33. The zero-order valence-electron chi connectivity index (χ0n) is 16.8. The fraction of sp³-hybridized carbons (Fsp3) is 0.304. The number of amidine groups is 1. The lowest BCUT2D eigenvalue weighted by atomic mass is 9.94. The van der Waals surface area contributed by atoms with Gasteiger partial charge in [-0.05, 0) is 60.5 Å². The fourth-order valence-electron chi connectivity index (χ4n) is 3.73. The van der Waals surface area contributed by atoms with Crippen LogP contribution in [0.25, 0.3) is 6.08 Å². The van der Waals surface area contributed by atoms with Gasteiger partial charge >= 0.3 is 5.97 Å². The summed E-state index contributed by atoms with van der Waals surface area (Å²) in [6.45, 7) is 0. The number of carbonyl (C=O) groups excluding carboxylic acids is 2. The standard InChI is InChI=1S/C23H23N3O3S/c1-29-22(28)17-12-10-16(11-13-17)15-19-21(27)26(18-7-3-2-4-8-18)23(30-19)25-20-9-5-6-14-24-20/h5-6,9-15,18H,2-4,7-8H2,1H3/b19-15-,25-23+. The van der Waals surface area contributed by atoms with Crippen LogP contribution < -0.4 is 0 Å². The van der Waals surface area contributed by atoms with Crippen LogP contribution in [0.15, 0.2) is 58.6 Å². The van der Waals surface area contributed by atoms with E-state index in [9.17, 15) is 9.59 Å². The van der Waals surface area contributed by atoms with Crippen molar-refractivity contribution in [1.29, 1.82) is 0 Å². The number of carbonyl (C=O) groups is 2. The van der Waals surface area contributed by atoms with Crippen LogP contribution in [0.1, 0.15) is 48.0 Å². The van der Waals surface area contributed by atoms with Crippen LogP contribution >= 0.6 is 11.8 Å². The number of methoxy groups -OCH3 is 1. The Morgan fingerprint density at radius 3 is 2.60 bits per heavy atom. The summed E-state index contributed by atoms with van der Waals surface area (Å²) >= 11 is 1.38. The molecule has 1 aromatic heterocycles. The van der Waals surface area contributed by atoms with Gasteiger partial charge in [0.05, 0.1) is 17.6 Å². The van der Waals surface area contributed by atoms with E-state index >= 15 is 0 Å². The highest BCUT2D eigenvalue weighted by Gasteiger charge is 2.38. The highest BCUT2D eigenvalue weighted by molar-refractivity contribution is 8.18. The van der Waals surface area contributed by atoms with E-state index in [1.54, 1.807) is 18.3 Å². The normalized spacial score (nSPS) is 20.2. The molecule has 1 aromatic carbocycles. The lowest BCUT2D eigenvalue weighted by molar-refractivity contribution is -0.124. The number of thioether (sulfide) groups is 1. The third-order valence-electron chi connectivity index (χ3n) is 5.27. The summed E-state index contributed by atoms with van der Waals surface area (Å²) in [5, 5.41) is 0.683. The van der Waals surface area contributed by atoms with Crippen molar-refractivity contribution in [3.63, 3.8) is 0 Å². The van der Waals surface area contributed by atoms with E-state index in [-0.39, 0.29) is 17.9 Å². The molecule has 0 N–H and O–H groups in total.